The van der Waals surface area contributed by atoms with Crippen molar-refractivity contribution in [2.45, 2.75) is 31.9 Å². The number of piperidine rings is 1. The number of amides is 2. The Morgan fingerprint density at radius 3 is 2.55 bits per heavy atom. The average Bonchev–Trinajstić information content (AvgIpc) is 3.59. The maximum atomic E-state index is 13.9. The number of benzene rings is 2. The van der Waals surface area contributed by atoms with Gasteiger partial charge in [-0.05, 0) is 67.0 Å². The van der Waals surface area contributed by atoms with E-state index >= 15 is 0 Å². The van der Waals surface area contributed by atoms with Gasteiger partial charge in [-0.3, -0.25) is 14.5 Å². The molecule has 206 valence electrons. The lowest BCUT2D eigenvalue weighted by Gasteiger charge is -2.32. The van der Waals surface area contributed by atoms with Crippen LogP contribution >= 0.6 is 34.7 Å². The third-order valence-corrected chi connectivity index (χ3v) is 10.1. The number of hydrogen-bond donors (Lipinski definition) is 0. The Hall–Kier alpha value is -3.07. The molecular weight excluding hydrogens is 560 g/mol. The zero-order chi connectivity index (χ0) is 27.8. The Bertz CT molecular complexity index is 1530. The van der Waals surface area contributed by atoms with Crippen LogP contribution in [0, 0.1) is 12.8 Å². The van der Waals surface area contributed by atoms with Gasteiger partial charge < -0.3 is 4.90 Å². The second-order valence-corrected chi connectivity index (χ2v) is 13.1. The number of halogens is 1. The number of nitrogens with zero attached hydrogens (tertiary/aromatic N) is 4. The molecule has 0 saturated carbocycles. The van der Waals surface area contributed by atoms with Crippen LogP contribution in [0.25, 0.3) is 16.3 Å². The van der Waals surface area contributed by atoms with E-state index in [1.54, 1.807) is 28.0 Å². The molecule has 0 aliphatic carbocycles. The topological polar surface area (TPSA) is 58.4 Å². The highest BCUT2D eigenvalue weighted by Gasteiger charge is 2.38. The number of rotatable bonds is 5. The summed E-state index contributed by atoms with van der Waals surface area (Å²) in [5, 5.41) is 7.64. The molecule has 2 aromatic carbocycles. The Morgan fingerprint density at radius 1 is 1.07 bits per heavy atom. The van der Waals surface area contributed by atoms with Crippen LogP contribution in [0.4, 0.5) is 5.82 Å². The van der Waals surface area contributed by atoms with Crippen LogP contribution in [-0.4, -0.2) is 51.9 Å². The minimum absolute atomic E-state index is 0.00945. The Kier molecular flexibility index (Phi) is 7.75. The van der Waals surface area contributed by atoms with Crippen molar-refractivity contribution in [2.24, 2.45) is 5.92 Å². The molecule has 0 radical (unpaired) electrons. The monoisotopic (exact) mass is 590 g/mol. The maximum Gasteiger partial charge on any atom is 0.242 e. The molecule has 2 aliphatic heterocycles. The zero-order valence-electron chi connectivity index (χ0n) is 22.5. The van der Waals surface area contributed by atoms with Gasteiger partial charge >= 0.3 is 0 Å². The first-order valence-corrected chi connectivity index (χ1v) is 15.9. The lowest BCUT2D eigenvalue weighted by Crippen LogP contribution is -2.46. The minimum atomic E-state index is -0.190. The van der Waals surface area contributed by atoms with Gasteiger partial charge in [-0.15, -0.1) is 23.1 Å². The summed E-state index contributed by atoms with van der Waals surface area (Å²) in [5.74, 6) is 1.40. The Morgan fingerprint density at radius 2 is 1.85 bits per heavy atom. The van der Waals surface area contributed by atoms with Crippen LogP contribution in [0.5, 0.6) is 0 Å². The van der Waals surface area contributed by atoms with Gasteiger partial charge in [0.1, 0.15) is 18.1 Å². The van der Waals surface area contributed by atoms with Gasteiger partial charge in [-0.25, -0.2) is 4.68 Å². The summed E-state index contributed by atoms with van der Waals surface area (Å²) in [6.07, 6.45) is 1.98. The minimum Gasteiger partial charge on any atom is -0.341 e. The summed E-state index contributed by atoms with van der Waals surface area (Å²) in [4.78, 5) is 32.1. The van der Waals surface area contributed by atoms with E-state index in [2.05, 4.69) is 19.1 Å². The first-order chi connectivity index (χ1) is 19.4. The summed E-state index contributed by atoms with van der Waals surface area (Å²) in [6.45, 7) is 5.72. The lowest BCUT2D eigenvalue weighted by molar-refractivity contribution is -0.132. The van der Waals surface area contributed by atoms with Crippen LogP contribution in [0.15, 0.2) is 66.0 Å². The standard InChI is InChI=1S/C31H31ClN4O2S2/c1-20-8-10-24(11-9-20)36-31-28(29(33-36)25-7-4-16-39-25)30(22-5-3-6-23(32)17-22)40-19-27(38)35(31)18-26(37)34-14-12-21(2)13-15-34/h3-11,16-17,21,30H,12-15,18-19H2,1-2H3/t30-/m1/s1. The molecule has 2 aromatic heterocycles. The van der Waals surface area contributed by atoms with Gasteiger partial charge in [-0.1, -0.05) is 54.4 Å². The smallest absolute Gasteiger partial charge is 0.242 e. The van der Waals surface area contributed by atoms with Crippen LogP contribution < -0.4 is 4.90 Å². The number of hydrogen-bond acceptors (Lipinski definition) is 5. The fourth-order valence-corrected chi connectivity index (χ4v) is 7.52. The number of aryl methyl sites for hydroxylation is 1. The molecule has 1 atom stereocenters. The van der Waals surface area contributed by atoms with Crippen molar-refractivity contribution in [1.29, 1.82) is 0 Å². The molecule has 1 fully saturated rings. The summed E-state index contributed by atoms with van der Waals surface area (Å²) >= 11 is 9.63. The largest absolute Gasteiger partial charge is 0.341 e. The van der Waals surface area contributed by atoms with Crippen molar-refractivity contribution >= 4 is 52.3 Å². The van der Waals surface area contributed by atoms with E-state index in [1.807, 2.05) is 70.4 Å². The molecule has 6 rings (SSSR count). The van der Waals surface area contributed by atoms with Gasteiger partial charge in [0, 0.05) is 23.7 Å². The SMILES string of the molecule is Cc1ccc(-n2nc(-c3cccs3)c3c2N(CC(=O)N2CCC(C)CC2)C(=O)CS[C@@H]3c2cccc(Cl)c2)cc1. The molecule has 2 aliphatic rings. The van der Waals surface area contributed by atoms with Gasteiger partial charge in [0.25, 0.3) is 0 Å². The van der Waals surface area contributed by atoms with Crippen molar-refractivity contribution in [3.05, 3.63) is 87.8 Å². The third kappa shape index (κ3) is 5.32. The first-order valence-electron chi connectivity index (χ1n) is 13.6. The van der Waals surface area contributed by atoms with Crippen molar-refractivity contribution in [1.82, 2.24) is 14.7 Å². The van der Waals surface area contributed by atoms with Gasteiger partial charge in [0.15, 0.2) is 0 Å². The number of thioether (sulfide) groups is 1. The van der Waals surface area contributed by atoms with Gasteiger partial charge in [0.2, 0.25) is 11.8 Å². The fourth-order valence-electron chi connectivity index (χ4n) is 5.41. The Balaban J connectivity index is 1.54. The highest BCUT2D eigenvalue weighted by Crippen LogP contribution is 2.49. The van der Waals surface area contributed by atoms with E-state index < -0.39 is 0 Å². The number of carbonyl (C=O) groups is 2. The van der Waals surface area contributed by atoms with E-state index in [1.165, 1.54) is 0 Å². The average molecular weight is 591 g/mol. The molecular formula is C31H31ClN4O2S2. The van der Waals surface area contributed by atoms with Gasteiger partial charge in [-0.2, -0.15) is 5.10 Å². The molecule has 9 heteroatoms. The molecule has 6 nitrogen and oxygen atoms in total. The number of likely N-dealkylation sites (tertiary alicyclic amines) is 1. The summed E-state index contributed by atoms with van der Waals surface area (Å²) in [5.41, 5.74) is 4.74. The van der Waals surface area contributed by atoms with Crippen LogP contribution in [-0.2, 0) is 9.59 Å². The fraction of sp³-hybridized carbons (Fsp3) is 0.323. The van der Waals surface area contributed by atoms with Crippen molar-refractivity contribution in [3.8, 4) is 16.3 Å². The summed E-state index contributed by atoms with van der Waals surface area (Å²) < 4.78 is 1.86. The van der Waals surface area contributed by atoms with Crippen molar-refractivity contribution < 1.29 is 9.59 Å². The number of thiophene rings is 1. The lowest BCUT2D eigenvalue weighted by atomic mass is 9.99. The zero-order valence-corrected chi connectivity index (χ0v) is 24.9. The Labute approximate surface area is 247 Å². The number of anilines is 1. The van der Waals surface area contributed by atoms with E-state index in [-0.39, 0.29) is 29.4 Å². The molecule has 4 heterocycles. The number of fused-ring (bicyclic) bond motifs is 1. The van der Waals surface area contributed by atoms with E-state index in [4.69, 9.17) is 16.7 Å². The predicted molar refractivity (Wildman–Crippen MR) is 165 cm³/mol. The molecule has 1 saturated heterocycles. The predicted octanol–water partition coefficient (Wildman–Crippen LogP) is 6.99. The normalized spacial score (nSPS) is 18.1. The molecule has 40 heavy (non-hydrogen) atoms. The molecule has 2 amide bonds. The van der Waals surface area contributed by atoms with E-state index in [0.29, 0.717) is 16.8 Å². The molecule has 0 spiro atoms. The van der Waals surface area contributed by atoms with Crippen LogP contribution in [0.1, 0.15) is 41.7 Å². The van der Waals surface area contributed by atoms with Crippen molar-refractivity contribution in [2.75, 3.05) is 30.3 Å². The summed E-state index contributed by atoms with van der Waals surface area (Å²) in [6, 6.07) is 20.0. The molecule has 0 N–H and O–H groups in total. The van der Waals surface area contributed by atoms with Crippen molar-refractivity contribution in [3.63, 3.8) is 0 Å². The van der Waals surface area contributed by atoms with Gasteiger partial charge in [0.05, 0.1) is 21.6 Å². The van der Waals surface area contributed by atoms with E-state index in [0.717, 1.165) is 58.9 Å². The third-order valence-electron chi connectivity index (χ3n) is 7.70. The highest BCUT2D eigenvalue weighted by molar-refractivity contribution is 8.00. The number of carbonyl (C=O) groups excluding carboxylic acids is 2. The molecule has 0 unspecified atom stereocenters. The quantitative estimate of drug-likeness (QED) is 0.251. The summed E-state index contributed by atoms with van der Waals surface area (Å²) in [7, 11) is 0. The second kappa shape index (κ2) is 11.4. The molecule has 4 aromatic rings. The van der Waals surface area contributed by atoms with E-state index in [9.17, 15) is 9.59 Å². The highest BCUT2D eigenvalue weighted by atomic mass is 35.5. The van der Waals surface area contributed by atoms with Crippen LogP contribution in [0.2, 0.25) is 5.02 Å². The molecule has 0 bridgehead atoms. The van der Waals surface area contributed by atoms with Crippen LogP contribution in [0.3, 0.4) is 0 Å². The number of aromatic nitrogens is 2. The maximum absolute atomic E-state index is 13.9. The first kappa shape index (κ1) is 27.1. The second-order valence-electron chi connectivity index (χ2n) is 10.6.